The summed E-state index contributed by atoms with van der Waals surface area (Å²) in [6.07, 6.45) is 1.48. The summed E-state index contributed by atoms with van der Waals surface area (Å²) < 4.78 is 47.7. The summed E-state index contributed by atoms with van der Waals surface area (Å²) in [4.78, 5) is 3.17. The van der Waals surface area contributed by atoms with E-state index in [4.69, 9.17) is 33.7 Å². The summed E-state index contributed by atoms with van der Waals surface area (Å²) in [5.74, 6) is -0.545. The first-order chi connectivity index (χ1) is 15.7. The van der Waals surface area contributed by atoms with Crippen molar-refractivity contribution in [1.82, 2.24) is 15.2 Å². The van der Waals surface area contributed by atoms with Gasteiger partial charge in [-0.25, -0.2) is 17.8 Å². The van der Waals surface area contributed by atoms with Crippen LogP contribution in [0.3, 0.4) is 0 Å². The van der Waals surface area contributed by atoms with E-state index in [2.05, 4.69) is 19.9 Å². The number of nitrogens with zero attached hydrogens (tertiary/aromatic N) is 2. The van der Waals surface area contributed by atoms with Gasteiger partial charge in [-0.1, -0.05) is 37.0 Å². The molecule has 0 spiro atoms. The number of halogens is 3. The van der Waals surface area contributed by atoms with Crippen LogP contribution >= 0.6 is 34.5 Å². The van der Waals surface area contributed by atoms with Gasteiger partial charge in [0.15, 0.2) is 5.82 Å². The maximum atomic E-state index is 14.7. The predicted molar refractivity (Wildman–Crippen MR) is 129 cm³/mol. The van der Waals surface area contributed by atoms with Gasteiger partial charge in [0.05, 0.1) is 16.7 Å². The summed E-state index contributed by atoms with van der Waals surface area (Å²) in [5.41, 5.74) is 8.32. The molecule has 4 N–H and O–H groups in total. The monoisotopic (exact) mass is 529 g/mol. The van der Waals surface area contributed by atoms with Crippen LogP contribution in [-0.4, -0.2) is 23.6 Å². The average molecular weight is 530 g/mol. The SMILES string of the molecule is CC.Nc1[nH]ncc1-c1cc(Cl)ccc1Oc1cc(F)c(S(=O)(=O)Nc2cscn2)cc1Cl. The Kier molecular flexibility index (Phi) is 7.80. The highest BCUT2D eigenvalue weighted by molar-refractivity contribution is 7.92. The fraction of sp³-hybridized carbons (Fsp3) is 0.100. The largest absolute Gasteiger partial charge is 0.455 e. The quantitative estimate of drug-likeness (QED) is 0.274. The smallest absolute Gasteiger partial charge is 0.266 e. The molecule has 2 aromatic carbocycles. The van der Waals surface area contributed by atoms with Gasteiger partial charge in [0.2, 0.25) is 0 Å². The van der Waals surface area contributed by atoms with Gasteiger partial charge < -0.3 is 10.5 Å². The number of H-pyrrole nitrogens is 1. The standard InChI is InChI=1S/C18H12Cl2FN5O3S2.C2H6/c19-9-1-2-14(10(3-9)11-6-24-25-18(11)22)29-15-5-13(21)16(4-12(15)20)31(27,28)26-17-7-30-8-23-17;1-2/h1-8,26H,(H3,22,24,25);1-2H3. The van der Waals surface area contributed by atoms with Crippen molar-refractivity contribution < 1.29 is 17.5 Å². The summed E-state index contributed by atoms with van der Waals surface area (Å²) >= 11 is 13.5. The molecule has 0 amide bonds. The zero-order chi connectivity index (χ0) is 24.2. The molecule has 0 saturated heterocycles. The highest BCUT2D eigenvalue weighted by Gasteiger charge is 2.23. The number of anilines is 2. The first-order valence-corrected chi connectivity index (χ1v) is 12.6. The molecule has 0 radical (unpaired) electrons. The van der Waals surface area contributed by atoms with E-state index in [0.717, 1.165) is 12.1 Å². The molecule has 4 rings (SSSR count). The van der Waals surface area contributed by atoms with Crippen molar-refractivity contribution in [2.45, 2.75) is 18.7 Å². The Morgan fingerprint density at radius 3 is 2.55 bits per heavy atom. The molecule has 0 atom stereocenters. The van der Waals surface area contributed by atoms with E-state index >= 15 is 0 Å². The van der Waals surface area contributed by atoms with Gasteiger partial charge in [-0.15, -0.1) is 11.3 Å². The number of nitrogens with two attached hydrogens (primary N) is 1. The van der Waals surface area contributed by atoms with Crippen molar-refractivity contribution in [2.75, 3.05) is 10.5 Å². The lowest BCUT2D eigenvalue weighted by molar-refractivity contribution is 0.475. The van der Waals surface area contributed by atoms with E-state index < -0.39 is 20.7 Å². The fourth-order valence-corrected chi connectivity index (χ4v) is 4.76. The van der Waals surface area contributed by atoms with Gasteiger partial charge in [0.1, 0.15) is 28.0 Å². The Balaban J connectivity index is 0.00000149. The molecule has 0 aliphatic rings. The number of nitrogens with one attached hydrogen (secondary N) is 2. The van der Waals surface area contributed by atoms with Crippen LogP contribution in [-0.2, 0) is 10.0 Å². The summed E-state index contributed by atoms with van der Waals surface area (Å²) in [6, 6.07) is 6.56. The van der Waals surface area contributed by atoms with Gasteiger partial charge in [0.25, 0.3) is 10.0 Å². The average Bonchev–Trinajstić information content (AvgIpc) is 3.44. The van der Waals surface area contributed by atoms with Gasteiger partial charge in [-0.05, 0) is 24.3 Å². The van der Waals surface area contributed by atoms with E-state index in [-0.39, 0.29) is 28.2 Å². The maximum absolute atomic E-state index is 14.7. The zero-order valence-corrected chi connectivity index (χ0v) is 20.4. The second-order valence-corrected chi connectivity index (χ2v) is 9.35. The fourth-order valence-electron chi connectivity index (χ4n) is 2.68. The number of hydrogen-bond acceptors (Lipinski definition) is 7. The molecule has 0 bridgehead atoms. The molecular formula is C20H18Cl2FN5O3S2. The van der Waals surface area contributed by atoms with Crippen molar-refractivity contribution in [3.05, 3.63) is 63.3 Å². The molecule has 8 nitrogen and oxygen atoms in total. The number of rotatable bonds is 6. The molecule has 0 unspecified atom stereocenters. The number of aromatic amines is 1. The lowest BCUT2D eigenvalue weighted by Gasteiger charge is -2.14. The zero-order valence-electron chi connectivity index (χ0n) is 17.3. The van der Waals surface area contributed by atoms with Crippen LogP contribution in [0.2, 0.25) is 10.0 Å². The Bertz CT molecular complexity index is 1360. The lowest BCUT2D eigenvalue weighted by Crippen LogP contribution is -2.15. The topological polar surface area (TPSA) is 123 Å². The van der Waals surface area contributed by atoms with E-state index in [1.807, 2.05) is 13.8 Å². The van der Waals surface area contributed by atoms with Crippen LogP contribution in [0.5, 0.6) is 11.5 Å². The third-order valence-corrected chi connectivity index (χ3v) is 6.55. The number of aromatic nitrogens is 3. The van der Waals surface area contributed by atoms with E-state index in [1.54, 1.807) is 18.2 Å². The molecule has 33 heavy (non-hydrogen) atoms. The van der Waals surface area contributed by atoms with Crippen LogP contribution in [0.25, 0.3) is 11.1 Å². The Morgan fingerprint density at radius 2 is 1.91 bits per heavy atom. The minimum absolute atomic E-state index is 0.0735. The van der Waals surface area contributed by atoms with Gasteiger partial charge in [-0.3, -0.25) is 9.82 Å². The van der Waals surface area contributed by atoms with Crippen molar-refractivity contribution in [2.24, 2.45) is 0 Å². The van der Waals surface area contributed by atoms with Crippen LogP contribution in [0.1, 0.15) is 13.8 Å². The highest BCUT2D eigenvalue weighted by atomic mass is 35.5. The second-order valence-electron chi connectivity index (χ2n) is 6.13. The molecule has 0 fully saturated rings. The number of ether oxygens (including phenoxy) is 1. The summed E-state index contributed by atoms with van der Waals surface area (Å²) in [5, 5.41) is 8.23. The molecular weight excluding hydrogens is 512 g/mol. The Hall–Kier alpha value is -2.86. The molecule has 4 aromatic rings. The Morgan fingerprint density at radius 1 is 1.15 bits per heavy atom. The number of hydrogen-bond donors (Lipinski definition) is 3. The first kappa shape index (κ1) is 24.8. The van der Waals surface area contributed by atoms with Crippen molar-refractivity contribution in [3.8, 4) is 22.6 Å². The third kappa shape index (κ3) is 5.56. The van der Waals surface area contributed by atoms with Crippen molar-refractivity contribution in [1.29, 1.82) is 0 Å². The van der Waals surface area contributed by atoms with Crippen LogP contribution in [0.4, 0.5) is 16.0 Å². The normalized spacial score (nSPS) is 10.9. The molecule has 2 heterocycles. The molecule has 13 heteroatoms. The van der Waals surface area contributed by atoms with E-state index in [0.29, 0.717) is 16.1 Å². The first-order valence-electron chi connectivity index (χ1n) is 9.41. The van der Waals surface area contributed by atoms with Gasteiger partial charge >= 0.3 is 0 Å². The van der Waals surface area contributed by atoms with Gasteiger partial charge in [-0.2, -0.15) is 5.10 Å². The molecule has 0 aliphatic carbocycles. The van der Waals surface area contributed by atoms with Crippen molar-refractivity contribution in [3.63, 3.8) is 0 Å². The second kappa shape index (κ2) is 10.4. The molecule has 0 saturated carbocycles. The maximum Gasteiger partial charge on any atom is 0.266 e. The van der Waals surface area contributed by atoms with Crippen LogP contribution in [0, 0.1) is 5.82 Å². The molecule has 2 aromatic heterocycles. The lowest BCUT2D eigenvalue weighted by atomic mass is 10.1. The van der Waals surface area contributed by atoms with Gasteiger partial charge in [0, 0.05) is 27.6 Å². The molecule has 0 aliphatic heterocycles. The van der Waals surface area contributed by atoms with Crippen LogP contribution < -0.4 is 15.2 Å². The number of thiazole rings is 1. The molecule has 174 valence electrons. The predicted octanol–water partition coefficient (Wildman–Crippen LogP) is 6.18. The summed E-state index contributed by atoms with van der Waals surface area (Å²) in [6.45, 7) is 4.00. The highest BCUT2D eigenvalue weighted by Crippen LogP contribution is 2.40. The van der Waals surface area contributed by atoms with E-state index in [9.17, 15) is 12.8 Å². The van der Waals surface area contributed by atoms with Crippen LogP contribution in [0.15, 0.2) is 52.3 Å². The number of nitrogen functional groups attached to an aromatic ring is 1. The minimum atomic E-state index is -4.25. The van der Waals surface area contributed by atoms with Crippen molar-refractivity contribution >= 4 is 56.2 Å². The Labute approximate surface area is 203 Å². The van der Waals surface area contributed by atoms with E-state index in [1.165, 1.54) is 28.4 Å². The third-order valence-electron chi connectivity index (χ3n) is 4.07. The minimum Gasteiger partial charge on any atom is -0.455 e. The number of benzene rings is 2. The summed E-state index contributed by atoms with van der Waals surface area (Å²) in [7, 11) is -4.25. The number of sulfonamides is 1.